The molecule has 1 aromatic rings. The Morgan fingerprint density at radius 3 is 1.78 bits per heavy atom. The Morgan fingerprint density at radius 2 is 1.44 bits per heavy atom. The summed E-state index contributed by atoms with van der Waals surface area (Å²) < 4.78 is 18.3. The van der Waals surface area contributed by atoms with Gasteiger partial charge in [-0.25, -0.2) is 4.57 Å². The highest BCUT2D eigenvalue weighted by Gasteiger charge is 2.43. The molecule has 0 fully saturated rings. The van der Waals surface area contributed by atoms with E-state index < -0.39 is 8.80 Å². The van der Waals surface area contributed by atoms with Gasteiger partial charge in [0.2, 0.25) is 6.17 Å². The molecule has 0 aliphatic rings. The fourth-order valence-electron chi connectivity index (χ4n) is 1.73. The molecular formula is C13H24NO3Si+. The number of nitrogens with zero attached hydrogens (tertiary/aromatic N) is 1. The molecule has 0 aliphatic heterocycles. The quantitative estimate of drug-likeness (QED) is 0.603. The predicted molar refractivity (Wildman–Crippen MR) is 72.1 cm³/mol. The number of hydrogen-bond acceptors (Lipinski definition) is 3. The Morgan fingerprint density at radius 1 is 1.00 bits per heavy atom. The predicted octanol–water partition coefficient (Wildman–Crippen LogP) is 1.69. The highest BCUT2D eigenvalue weighted by molar-refractivity contribution is 6.58. The Hall–Kier alpha value is -0.753. The zero-order valence-corrected chi connectivity index (χ0v) is 13.2. The number of aromatic nitrogens is 1. The van der Waals surface area contributed by atoms with Gasteiger partial charge in [0.25, 0.3) is 0 Å². The van der Waals surface area contributed by atoms with E-state index in [0.29, 0.717) is 6.17 Å². The van der Waals surface area contributed by atoms with Gasteiger partial charge in [-0.2, -0.15) is 0 Å². The van der Waals surface area contributed by atoms with Crippen LogP contribution in [-0.2, 0) is 24.9 Å². The molecule has 5 heteroatoms. The van der Waals surface area contributed by atoms with E-state index in [4.69, 9.17) is 13.3 Å². The zero-order valence-electron chi connectivity index (χ0n) is 12.2. The summed E-state index contributed by atoms with van der Waals surface area (Å²) in [6, 6.07) is 4.25. The largest absolute Gasteiger partial charge is 0.569 e. The maximum Gasteiger partial charge on any atom is 0.569 e. The monoisotopic (exact) mass is 270 g/mol. The van der Waals surface area contributed by atoms with Crippen LogP contribution < -0.4 is 4.57 Å². The lowest BCUT2D eigenvalue weighted by molar-refractivity contribution is -0.685. The van der Waals surface area contributed by atoms with Gasteiger partial charge >= 0.3 is 8.80 Å². The van der Waals surface area contributed by atoms with Crippen molar-refractivity contribution in [3.8, 4) is 0 Å². The molecule has 0 radical (unpaired) electrons. The van der Waals surface area contributed by atoms with Crippen molar-refractivity contribution in [1.29, 1.82) is 0 Å². The van der Waals surface area contributed by atoms with Crippen LogP contribution in [0.3, 0.4) is 0 Å². The average Bonchev–Trinajstić information content (AvgIpc) is 2.36. The highest BCUT2D eigenvalue weighted by Crippen LogP contribution is 2.20. The lowest BCUT2D eigenvalue weighted by Gasteiger charge is -2.21. The Bertz CT molecular complexity index is 361. The Labute approximate surface area is 111 Å². The summed E-state index contributed by atoms with van der Waals surface area (Å²) in [6.07, 6.45) is 4.69. The molecule has 1 aromatic heterocycles. The molecule has 0 spiro atoms. The van der Waals surface area contributed by atoms with Crippen LogP contribution in [-0.4, -0.2) is 30.1 Å². The van der Waals surface area contributed by atoms with Crippen molar-refractivity contribution in [3.63, 3.8) is 0 Å². The lowest BCUT2D eigenvalue weighted by atomic mass is 9.88. The highest BCUT2D eigenvalue weighted by atomic mass is 28.4. The van der Waals surface area contributed by atoms with Gasteiger partial charge in [-0.15, -0.1) is 0 Å². The van der Waals surface area contributed by atoms with Gasteiger partial charge in [0.15, 0.2) is 12.4 Å². The number of rotatable bonds is 5. The van der Waals surface area contributed by atoms with E-state index in [1.807, 2.05) is 17.0 Å². The summed E-state index contributed by atoms with van der Waals surface area (Å²) in [7, 11) is 2.33. The summed E-state index contributed by atoms with van der Waals surface area (Å²) in [5.41, 5.74) is 1.47. The minimum atomic E-state index is -2.56. The van der Waals surface area contributed by atoms with Crippen LogP contribution in [0.5, 0.6) is 0 Å². The van der Waals surface area contributed by atoms with E-state index in [9.17, 15) is 0 Å². The summed E-state index contributed by atoms with van der Waals surface area (Å²) >= 11 is 0. The standard InChI is InChI=1S/C13H24NO3Si/c1-13(2,3)12-7-9-14(10-8-12)11-18(15-4,16-5)17-6/h7-10H,11H2,1-6H3/q+1. The fourth-order valence-corrected chi connectivity index (χ4v) is 3.28. The van der Waals surface area contributed by atoms with Gasteiger partial charge in [0, 0.05) is 33.5 Å². The van der Waals surface area contributed by atoms with Crippen LogP contribution in [0.2, 0.25) is 0 Å². The maximum absolute atomic E-state index is 5.41. The Kier molecular flexibility index (Phi) is 5.04. The molecule has 0 saturated carbocycles. The average molecular weight is 270 g/mol. The second-order valence-electron chi connectivity index (χ2n) is 5.30. The van der Waals surface area contributed by atoms with Crippen molar-refractivity contribution < 1.29 is 17.8 Å². The van der Waals surface area contributed by atoms with E-state index in [-0.39, 0.29) is 5.41 Å². The molecule has 18 heavy (non-hydrogen) atoms. The van der Waals surface area contributed by atoms with Crippen molar-refractivity contribution in [1.82, 2.24) is 0 Å². The first kappa shape index (κ1) is 15.3. The molecule has 0 saturated heterocycles. The summed E-state index contributed by atoms with van der Waals surface area (Å²) in [5, 5.41) is 0. The van der Waals surface area contributed by atoms with Crippen molar-refractivity contribution in [2.24, 2.45) is 0 Å². The molecule has 4 nitrogen and oxygen atoms in total. The number of pyridine rings is 1. The zero-order chi connectivity index (χ0) is 13.8. The lowest BCUT2D eigenvalue weighted by Crippen LogP contribution is -2.56. The molecule has 0 amide bonds. The first-order valence-electron chi connectivity index (χ1n) is 6.02. The summed E-state index contributed by atoms with van der Waals surface area (Å²) in [5.74, 6) is 0. The normalized spacial score (nSPS) is 12.8. The van der Waals surface area contributed by atoms with E-state index in [1.165, 1.54) is 5.56 Å². The van der Waals surface area contributed by atoms with Gasteiger partial charge in [0.05, 0.1) is 0 Å². The van der Waals surface area contributed by atoms with E-state index in [2.05, 4.69) is 32.9 Å². The first-order chi connectivity index (χ1) is 8.37. The van der Waals surface area contributed by atoms with Crippen LogP contribution in [0, 0.1) is 0 Å². The van der Waals surface area contributed by atoms with Gasteiger partial charge in [-0.05, 0) is 11.0 Å². The van der Waals surface area contributed by atoms with Crippen LogP contribution in [0.15, 0.2) is 24.5 Å². The van der Waals surface area contributed by atoms with Gasteiger partial charge in [-0.3, -0.25) is 0 Å². The van der Waals surface area contributed by atoms with E-state index in [0.717, 1.165) is 0 Å². The SMILES string of the molecule is CO[Si](C[n+]1ccc(C(C)(C)C)cc1)(OC)OC. The van der Waals surface area contributed by atoms with E-state index in [1.54, 1.807) is 21.3 Å². The van der Waals surface area contributed by atoms with Crippen molar-refractivity contribution in [2.75, 3.05) is 21.3 Å². The van der Waals surface area contributed by atoms with Gasteiger partial charge in [0.1, 0.15) is 0 Å². The van der Waals surface area contributed by atoms with Crippen LogP contribution >= 0.6 is 0 Å². The van der Waals surface area contributed by atoms with Gasteiger partial charge in [-0.1, -0.05) is 20.8 Å². The minimum Gasteiger partial charge on any atom is -0.373 e. The third-order valence-electron chi connectivity index (χ3n) is 3.07. The molecular weight excluding hydrogens is 246 g/mol. The van der Waals surface area contributed by atoms with Crippen molar-refractivity contribution >= 4 is 8.80 Å². The third-order valence-corrected chi connectivity index (χ3v) is 5.68. The number of hydrogen-bond donors (Lipinski definition) is 0. The first-order valence-corrected chi connectivity index (χ1v) is 7.95. The molecule has 0 atom stereocenters. The minimum absolute atomic E-state index is 0.164. The van der Waals surface area contributed by atoms with Crippen molar-refractivity contribution in [3.05, 3.63) is 30.1 Å². The molecule has 102 valence electrons. The molecule has 1 heterocycles. The molecule has 0 bridgehead atoms. The van der Waals surface area contributed by atoms with Crippen LogP contribution in [0.1, 0.15) is 26.3 Å². The third kappa shape index (κ3) is 3.62. The van der Waals surface area contributed by atoms with E-state index >= 15 is 0 Å². The second-order valence-corrected chi connectivity index (χ2v) is 8.21. The summed E-state index contributed by atoms with van der Waals surface area (Å²) in [4.78, 5) is 0. The second kappa shape index (κ2) is 5.93. The fraction of sp³-hybridized carbons (Fsp3) is 0.615. The van der Waals surface area contributed by atoms with Crippen LogP contribution in [0.4, 0.5) is 0 Å². The molecule has 0 aromatic carbocycles. The Balaban J connectivity index is 2.86. The van der Waals surface area contributed by atoms with Crippen LogP contribution in [0.25, 0.3) is 0 Å². The molecule has 1 rings (SSSR count). The topological polar surface area (TPSA) is 31.6 Å². The molecule has 0 unspecified atom stereocenters. The van der Waals surface area contributed by atoms with Gasteiger partial charge < -0.3 is 13.3 Å². The molecule has 0 N–H and O–H groups in total. The smallest absolute Gasteiger partial charge is 0.373 e. The molecule has 0 aliphatic carbocycles. The maximum atomic E-state index is 5.41. The van der Waals surface area contributed by atoms with Crippen molar-refractivity contribution in [2.45, 2.75) is 32.4 Å². The summed E-state index contributed by atoms with van der Waals surface area (Å²) in [6.45, 7) is 6.60.